The number of ether oxygens (including phenoxy) is 1. The van der Waals surface area contributed by atoms with Gasteiger partial charge in [0.05, 0.1) is 5.02 Å². The Balaban J connectivity index is 2.00. The summed E-state index contributed by atoms with van der Waals surface area (Å²) in [5.41, 5.74) is 0.414. The van der Waals surface area contributed by atoms with Crippen LogP contribution >= 0.6 is 35.0 Å². The van der Waals surface area contributed by atoms with Crippen molar-refractivity contribution >= 4 is 40.7 Å². The molecule has 0 N–H and O–H groups in total. The Morgan fingerprint density at radius 1 is 1.15 bits per heavy atom. The van der Waals surface area contributed by atoms with Gasteiger partial charge in [-0.05, 0) is 48.7 Å². The molecule has 0 spiro atoms. The smallest absolute Gasteiger partial charge is 0.201 e. The molecule has 0 saturated heterocycles. The summed E-state index contributed by atoms with van der Waals surface area (Å²) in [4.78, 5) is 13.2. The van der Waals surface area contributed by atoms with E-state index >= 15 is 0 Å². The number of hydrogen-bond donors (Lipinski definition) is 0. The third-order valence-corrected chi connectivity index (χ3v) is 3.95. The van der Waals surface area contributed by atoms with E-state index in [1.165, 1.54) is 0 Å². The van der Waals surface area contributed by atoms with Crippen LogP contribution in [0.2, 0.25) is 10.0 Å². The highest BCUT2D eigenvalue weighted by Gasteiger charge is 2.11. The van der Waals surface area contributed by atoms with Crippen LogP contribution < -0.4 is 4.74 Å². The first-order valence-electron chi connectivity index (χ1n) is 5.85. The lowest BCUT2D eigenvalue weighted by Gasteiger charge is -2.07. The van der Waals surface area contributed by atoms with Crippen LogP contribution in [0.4, 0.5) is 0 Å². The normalized spacial score (nSPS) is 10.3. The maximum Gasteiger partial charge on any atom is 0.201 e. The van der Waals surface area contributed by atoms with Crippen LogP contribution in [0.5, 0.6) is 5.75 Å². The summed E-state index contributed by atoms with van der Waals surface area (Å²) in [6.07, 6.45) is 2.00. The summed E-state index contributed by atoms with van der Waals surface area (Å²) in [5.74, 6) is 0.474. The average Bonchev–Trinajstić information content (AvgIpc) is 2.45. The highest BCUT2D eigenvalue weighted by molar-refractivity contribution is 7.98. The van der Waals surface area contributed by atoms with E-state index in [9.17, 15) is 4.79 Å². The first-order valence-corrected chi connectivity index (χ1v) is 7.83. The van der Waals surface area contributed by atoms with Gasteiger partial charge in [0.15, 0.2) is 6.61 Å². The van der Waals surface area contributed by atoms with Gasteiger partial charge in [0.1, 0.15) is 5.75 Å². The van der Waals surface area contributed by atoms with Gasteiger partial charge in [-0.1, -0.05) is 23.2 Å². The largest absolute Gasteiger partial charge is 0.485 e. The van der Waals surface area contributed by atoms with E-state index in [0.717, 1.165) is 4.90 Å². The molecular weight excluding hydrogens is 315 g/mol. The number of benzene rings is 2. The summed E-state index contributed by atoms with van der Waals surface area (Å²) in [5, 5.41) is 0.837. The fourth-order valence-electron chi connectivity index (χ4n) is 1.61. The molecule has 0 bridgehead atoms. The van der Waals surface area contributed by atoms with Crippen molar-refractivity contribution in [1.29, 1.82) is 0 Å². The zero-order valence-electron chi connectivity index (χ0n) is 10.7. The van der Waals surface area contributed by atoms with Gasteiger partial charge in [0.25, 0.3) is 0 Å². The second-order valence-electron chi connectivity index (χ2n) is 4.01. The van der Waals surface area contributed by atoms with Gasteiger partial charge in [0.2, 0.25) is 5.78 Å². The van der Waals surface area contributed by atoms with E-state index in [1.807, 2.05) is 30.5 Å². The van der Waals surface area contributed by atoms with Gasteiger partial charge in [-0.2, -0.15) is 0 Å². The van der Waals surface area contributed by atoms with Crippen molar-refractivity contribution in [3.63, 3.8) is 0 Å². The molecule has 0 radical (unpaired) electrons. The Kier molecular flexibility index (Phi) is 5.35. The van der Waals surface area contributed by atoms with Crippen LogP contribution in [-0.2, 0) is 0 Å². The van der Waals surface area contributed by atoms with Crippen molar-refractivity contribution in [2.24, 2.45) is 0 Å². The standard InChI is InChI=1S/C15H12Cl2O2S/c1-20-12-5-3-11(4-6-12)19-9-15(18)13-7-2-10(16)8-14(13)17/h2-8H,9H2,1H3. The van der Waals surface area contributed by atoms with Gasteiger partial charge >= 0.3 is 0 Å². The van der Waals surface area contributed by atoms with Crippen LogP contribution in [-0.4, -0.2) is 18.6 Å². The highest BCUT2D eigenvalue weighted by atomic mass is 35.5. The van der Waals surface area contributed by atoms with Crippen molar-refractivity contribution in [2.45, 2.75) is 4.90 Å². The third kappa shape index (κ3) is 3.92. The van der Waals surface area contributed by atoms with E-state index in [4.69, 9.17) is 27.9 Å². The number of rotatable bonds is 5. The first-order chi connectivity index (χ1) is 9.60. The quantitative estimate of drug-likeness (QED) is 0.572. The van der Waals surface area contributed by atoms with Crippen molar-refractivity contribution in [1.82, 2.24) is 0 Å². The topological polar surface area (TPSA) is 26.3 Å². The molecule has 0 fully saturated rings. The van der Waals surface area contributed by atoms with Crippen molar-refractivity contribution < 1.29 is 9.53 Å². The molecule has 0 aliphatic carbocycles. The van der Waals surface area contributed by atoms with Gasteiger partial charge in [-0.3, -0.25) is 4.79 Å². The molecule has 104 valence electrons. The van der Waals surface area contributed by atoms with E-state index in [0.29, 0.717) is 21.4 Å². The van der Waals surface area contributed by atoms with E-state index in [2.05, 4.69) is 0 Å². The predicted molar refractivity (Wildman–Crippen MR) is 84.5 cm³/mol. The maximum absolute atomic E-state index is 12.0. The summed E-state index contributed by atoms with van der Waals surface area (Å²) in [6.45, 7) is -0.0556. The van der Waals surface area contributed by atoms with Gasteiger partial charge < -0.3 is 4.74 Å². The van der Waals surface area contributed by atoms with Crippen LogP contribution in [0.1, 0.15) is 10.4 Å². The second kappa shape index (κ2) is 7.02. The zero-order valence-corrected chi connectivity index (χ0v) is 13.1. The number of carbonyl (C=O) groups is 1. The van der Waals surface area contributed by atoms with Crippen LogP contribution in [0.3, 0.4) is 0 Å². The summed E-state index contributed by atoms with van der Waals surface area (Å²) in [7, 11) is 0. The number of Topliss-reactive ketones (excluding diaryl/α,β-unsaturated/α-hetero) is 1. The number of halogens is 2. The summed E-state index contributed by atoms with van der Waals surface area (Å²) >= 11 is 13.4. The highest BCUT2D eigenvalue weighted by Crippen LogP contribution is 2.22. The average molecular weight is 327 g/mol. The zero-order chi connectivity index (χ0) is 14.5. The molecule has 2 aromatic carbocycles. The molecule has 5 heteroatoms. The Bertz CT molecular complexity index is 612. The maximum atomic E-state index is 12.0. The van der Waals surface area contributed by atoms with Gasteiger partial charge in [-0.15, -0.1) is 11.8 Å². The minimum atomic E-state index is -0.180. The molecule has 0 aliphatic rings. The Labute approximate surface area is 132 Å². The molecule has 20 heavy (non-hydrogen) atoms. The number of carbonyl (C=O) groups excluding carboxylic acids is 1. The van der Waals surface area contributed by atoms with Crippen LogP contribution in [0, 0.1) is 0 Å². The molecule has 2 aromatic rings. The third-order valence-electron chi connectivity index (χ3n) is 2.66. The van der Waals surface area contributed by atoms with E-state index in [1.54, 1.807) is 30.0 Å². The van der Waals surface area contributed by atoms with Crippen molar-refractivity contribution in [2.75, 3.05) is 12.9 Å². The van der Waals surface area contributed by atoms with E-state index < -0.39 is 0 Å². The molecule has 2 nitrogen and oxygen atoms in total. The summed E-state index contributed by atoms with van der Waals surface area (Å²) < 4.78 is 5.46. The second-order valence-corrected chi connectivity index (χ2v) is 5.73. The van der Waals surface area contributed by atoms with E-state index in [-0.39, 0.29) is 12.4 Å². The lowest BCUT2D eigenvalue weighted by atomic mass is 10.1. The Morgan fingerprint density at radius 2 is 1.85 bits per heavy atom. The van der Waals surface area contributed by atoms with Crippen molar-refractivity contribution in [3.8, 4) is 5.75 Å². The fourth-order valence-corrected chi connectivity index (χ4v) is 2.54. The van der Waals surface area contributed by atoms with Crippen LogP contribution in [0.15, 0.2) is 47.4 Å². The minimum absolute atomic E-state index is 0.0556. The molecule has 2 rings (SSSR count). The lowest BCUT2D eigenvalue weighted by molar-refractivity contribution is 0.0921. The first kappa shape index (κ1) is 15.2. The van der Waals surface area contributed by atoms with Crippen molar-refractivity contribution in [3.05, 3.63) is 58.1 Å². The molecule has 0 aliphatic heterocycles. The van der Waals surface area contributed by atoms with Gasteiger partial charge in [0, 0.05) is 15.5 Å². The molecule has 0 atom stereocenters. The molecular formula is C15H12Cl2O2S. The SMILES string of the molecule is CSc1ccc(OCC(=O)c2ccc(Cl)cc2Cl)cc1. The number of ketones is 1. The lowest BCUT2D eigenvalue weighted by Crippen LogP contribution is -2.12. The summed E-state index contributed by atoms with van der Waals surface area (Å²) in [6, 6.07) is 12.3. The molecule has 0 unspecified atom stereocenters. The molecule has 0 amide bonds. The molecule has 0 saturated carbocycles. The minimum Gasteiger partial charge on any atom is -0.485 e. The van der Waals surface area contributed by atoms with Crippen LogP contribution in [0.25, 0.3) is 0 Å². The number of hydrogen-bond acceptors (Lipinski definition) is 3. The fraction of sp³-hybridized carbons (Fsp3) is 0.133. The van der Waals surface area contributed by atoms with Gasteiger partial charge in [-0.25, -0.2) is 0 Å². The Morgan fingerprint density at radius 3 is 2.45 bits per heavy atom. The monoisotopic (exact) mass is 326 g/mol. The number of thioether (sulfide) groups is 1. The Hall–Kier alpha value is -1.16. The predicted octanol–water partition coefficient (Wildman–Crippen LogP) is 4.98. The molecule has 0 aromatic heterocycles. The molecule has 0 heterocycles.